The van der Waals surface area contributed by atoms with Crippen LogP contribution >= 0.6 is 0 Å². The van der Waals surface area contributed by atoms with Gasteiger partial charge in [-0.3, -0.25) is 9.59 Å². The Balaban J connectivity index is 1.92. The van der Waals surface area contributed by atoms with Gasteiger partial charge in [0.1, 0.15) is 11.5 Å². The molecule has 0 heterocycles. The van der Waals surface area contributed by atoms with Crippen LogP contribution in [-0.2, 0) is 16.0 Å². The number of hydrogen-bond acceptors (Lipinski definition) is 4. The number of nitrogens with one attached hydrogen (secondary N) is 1. The van der Waals surface area contributed by atoms with Crippen LogP contribution in [0.3, 0.4) is 0 Å². The van der Waals surface area contributed by atoms with Crippen LogP contribution in [0.2, 0.25) is 0 Å². The van der Waals surface area contributed by atoms with Gasteiger partial charge in [-0.1, -0.05) is 48.5 Å². The van der Waals surface area contributed by atoms with Gasteiger partial charge in [-0.2, -0.15) is 0 Å². The molecule has 0 aromatic heterocycles. The molecule has 0 aliphatic heterocycles. The molecular weight excluding hydrogens is 406 g/mol. The second-order valence-corrected chi connectivity index (χ2v) is 7.54. The lowest BCUT2D eigenvalue weighted by atomic mass is 10.0. The molecule has 3 N–H and O–H groups in total. The average Bonchev–Trinajstić information content (AvgIpc) is 2.75. The van der Waals surface area contributed by atoms with Crippen molar-refractivity contribution in [2.45, 2.75) is 26.4 Å². The number of benzene rings is 3. The number of rotatable bonds is 8. The van der Waals surface area contributed by atoms with E-state index in [1.165, 1.54) is 18.2 Å². The Labute approximate surface area is 186 Å². The summed E-state index contributed by atoms with van der Waals surface area (Å²) in [4.78, 5) is 24.2. The number of amides is 1. The number of hydrogen-bond donors (Lipinski definition) is 3. The summed E-state index contributed by atoms with van der Waals surface area (Å²) in [6, 6.07) is 20.9. The van der Waals surface area contributed by atoms with E-state index in [-0.39, 0.29) is 24.0 Å². The lowest BCUT2D eigenvalue weighted by molar-refractivity contribution is -0.136. The number of anilines is 1. The van der Waals surface area contributed by atoms with E-state index in [1.54, 1.807) is 6.08 Å². The van der Waals surface area contributed by atoms with Gasteiger partial charge in [-0.05, 0) is 60.9 Å². The van der Waals surface area contributed by atoms with Gasteiger partial charge in [0.15, 0.2) is 0 Å². The van der Waals surface area contributed by atoms with Crippen molar-refractivity contribution < 1.29 is 24.5 Å². The summed E-state index contributed by atoms with van der Waals surface area (Å²) >= 11 is 0. The van der Waals surface area contributed by atoms with Gasteiger partial charge in [-0.15, -0.1) is 0 Å². The van der Waals surface area contributed by atoms with E-state index in [9.17, 15) is 14.7 Å². The molecule has 0 aliphatic rings. The zero-order valence-electron chi connectivity index (χ0n) is 17.9. The van der Waals surface area contributed by atoms with Crippen molar-refractivity contribution in [2.24, 2.45) is 0 Å². The largest absolute Gasteiger partial charge is 0.506 e. The van der Waals surface area contributed by atoms with Crippen LogP contribution in [0.4, 0.5) is 5.69 Å². The Hall–Kier alpha value is -4.06. The minimum Gasteiger partial charge on any atom is -0.506 e. The van der Waals surface area contributed by atoms with Gasteiger partial charge in [0.25, 0.3) is 5.91 Å². The summed E-state index contributed by atoms with van der Waals surface area (Å²) in [7, 11) is 0. The minimum absolute atomic E-state index is 0.0617. The second kappa shape index (κ2) is 10.3. The topological polar surface area (TPSA) is 95.9 Å². The van der Waals surface area contributed by atoms with E-state index in [0.717, 1.165) is 11.3 Å². The third kappa shape index (κ3) is 6.22. The number of phenolic OH excluding ortho intramolecular Hbond substituents is 1. The molecule has 0 saturated carbocycles. The van der Waals surface area contributed by atoms with Crippen molar-refractivity contribution in [3.05, 3.63) is 89.5 Å². The lowest BCUT2D eigenvalue weighted by Gasteiger charge is -2.13. The quantitative estimate of drug-likeness (QED) is 0.265. The number of carboxylic acids is 1. The summed E-state index contributed by atoms with van der Waals surface area (Å²) in [5, 5.41) is 21.9. The normalized spacial score (nSPS) is 11.3. The maximum atomic E-state index is 13.2. The fraction of sp³-hybridized carbons (Fsp3) is 0.154. The number of carboxylic acid groups (broad SMARTS) is 1. The number of aromatic hydroxyl groups is 1. The Bertz CT molecular complexity index is 1120. The molecule has 0 saturated heterocycles. The third-order valence-electron chi connectivity index (χ3n) is 4.56. The Morgan fingerprint density at radius 1 is 1.00 bits per heavy atom. The van der Waals surface area contributed by atoms with Crippen LogP contribution in [0.25, 0.3) is 11.6 Å². The molecule has 0 spiro atoms. The summed E-state index contributed by atoms with van der Waals surface area (Å²) in [6.45, 7) is 3.90. The number of ether oxygens (including phenoxy) is 1. The molecule has 0 radical (unpaired) electrons. The summed E-state index contributed by atoms with van der Waals surface area (Å²) < 4.78 is 5.67. The van der Waals surface area contributed by atoms with Gasteiger partial charge in [0.2, 0.25) is 0 Å². The standard InChI is InChI=1S/C26H25NO5/c1-17(2)32-21-11-8-18(9-12-21)14-22(20-6-4-3-5-7-20)26(31)27-23-15-19(16-25(29)30)10-13-24(23)28/h3-15,17,28H,16H2,1-2H3,(H,27,31)(H,29,30)/b22-14+. The van der Waals surface area contributed by atoms with Crippen LogP contribution in [0.5, 0.6) is 11.5 Å². The fourth-order valence-corrected chi connectivity index (χ4v) is 3.14. The molecule has 0 aliphatic carbocycles. The van der Waals surface area contributed by atoms with Gasteiger partial charge in [0, 0.05) is 5.57 Å². The highest BCUT2D eigenvalue weighted by Gasteiger charge is 2.15. The van der Waals surface area contributed by atoms with Crippen LogP contribution in [0, 0.1) is 0 Å². The molecule has 0 fully saturated rings. The van der Waals surface area contributed by atoms with E-state index < -0.39 is 11.9 Å². The molecular formula is C26H25NO5. The third-order valence-corrected chi connectivity index (χ3v) is 4.56. The first-order chi connectivity index (χ1) is 15.3. The van der Waals surface area contributed by atoms with Crippen LogP contribution in [0.15, 0.2) is 72.8 Å². The van der Waals surface area contributed by atoms with Crippen LogP contribution in [0.1, 0.15) is 30.5 Å². The van der Waals surface area contributed by atoms with Gasteiger partial charge in [-0.25, -0.2) is 0 Å². The first-order valence-corrected chi connectivity index (χ1v) is 10.2. The molecule has 0 bridgehead atoms. The molecule has 3 aromatic carbocycles. The molecule has 3 rings (SSSR count). The van der Waals surface area contributed by atoms with E-state index in [2.05, 4.69) is 5.32 Å². The van der Waals surface area contributed by atoms with Gasteiger partial charge >= 0.3 is 5.97 Å². The number of carbonyl (C=O) groups is 2. The number of phenols is 1. The molecule has 164 valence electrons. The SMILES string of the molecule is CC(C)Oc1ccc(/C=C(/C(=O)Nc2cc(CC(=O)O)ccc2O)c2ccccc2)cc1. The van der Waals surface area contributed by atoms with Crippen molar-refractivity contribution in [3.8, 4) is 11.5 Å². The highest BCUT2D eigenvalue weighted by molar-refractivity contribution is 6.29. The monoisotopic (exact) mass is 431 g/mol. The molecule has 3 aromatic rings. The van der Waals surface area contributed by atoms with E-state index >= 15 is 0 Å². The van der Waals surface area contributed by atoms with E-state index in [1.807, 2.05) is 68.4 Å². The first-order valence-electron chi connectivity index (χ1n) is 10.2. The first kappa shape index (κ1) is 22.6. The molecule has 6 heteroatoms. The fourth-order valence-electron chi connectivity index (χ4n) is 3.14. The van der Waals surface area contributed by atoms with Crippen molar-refractivity contribution in [2.75, 3.05) is 5.32 Å². The smallest absolute Gasteiger partial charge is 0.307 e. The lowest BCUT2D eigenvalue weighted by Crippen LogP contribution is -2.14. The predicted molar refractivity (Wildman–Crippen MR) is 125 cm³/mol. The summed E-state index contributed by atoms with van der Waals surface area (Å²) in [5.41, 5.74) is 2.52. The van der Waals surface area contributed by atoms with Crippen molar-refractivity contribution in [1.29, 1.82) is 0 Å². The van der Waals surface area contributed by atoms with Gasteiger partial charge in [0.05, 0.1) is 18.2 Å². The second-order valence-electron chi connectivity index (χ2n) is 7.54. The molecule has 0 unspecified atom stereocenters. The minimum atomic E-state index is -0.997. The van der Waals surface area contributed by atoms with E-state index in [4.69, 9.17) is 9.84 Å². The summed E-state index contributed by atoms with van der Waals surface area (Å²) in [5.74, 6) is -0.831. The van der Waals surface area contributed by atoms with Crippen molar-refractivity contribution in [3.63, 3.8) is 0 Å². The average molecular weight is 431 g/mol. The molecule has 6 nitrogen and oxygen atoms in total. The Morgan fingerprint density at radius 3 is 2.31 bits per heavy atom. The highest BCUT2D eigenvalue weighted by atomic mass is 16.5. The highest BCUT2D eigenvalue weighted by Crippen LogP contribution is 2.27. The van der Waals surface area contributed by atoms with Crippen LogP contribution in [-0.4, -0.2) is 28.2 Å². The van der Waals surface area contributed by atoms with Gasteiger partial charge < -0.3 is 20.3 Å². The van der Waals surface area contributed by atoms with Crippen molar-refractivity contribution >= 4 is 29.2 Å². The predicted octanol–water partition coefficient (Wildman–Crippen LogP) is 4.99. The zero-order chi connectivity index (χ0) is 23.1. The maximum Gasteiger partial charge on any atom is 0.307 e. The molecule has 1 amide bonds. The molecule has 32 heavy (non-hydrogen) atoms. The maximum absolute atomic E-state index is 13.2. The Morgan fingerprint density at radius 2 is 1.69 bits per heavy atom. The molecule has 0 atom stereocenters. The Kier molecular flexibility index (Phi) is 7.29. The van der Waals surface area contributed by atoms with E-state index in [0.29, 0.717) is 16.7 Å². The number of aliphatic carboxylic acids is 1. The zero-order valence-corrected chi connectivity index (χ0v) is 17.9. The van der Waals surface area contributed by atoms with Crippen molar-refractivity contribution in [1.82, 2.24) is 0 Å². The van der Waals surface area contributed by atoms with Crippen LogP contribution < -0.4 is 10.1 Å². The number of carbonyl (C=O) groups excluding carboxylic acids is 1. The summed E-state index contributed by atoms with van der Waals surface area (Å²) in [6.07, 6.45) is 1.60.